The third-order valence-electron chi connectivity index (χ3n) is 5.13. The van der Waals surface area contributed by atoms with E-state index in [2.05, 4.69) is 21.7 Å². The lowest BCUT2D eigenvalue weighted by atomic mass is 9.83. The second-order valence-corrected chi connectivity index (χ2v) is 6.85. The lowest BCUT2D eigenvalue weighted by Crippen LogP contribution is -2.48. The lowest BCUT2D eigenvalue weighted by Gasteiger charge is -2.33. The van der Waals surface area contributed by atoms with Gasteiger partial charge in [-0.3, -0.25) is 0 Å². The van der Waals surface area contributed by atoms with Gasteiger partial charge in [-0.25, -0.2) is 9.48 Å². The first-order valence-corrected chi connectivity index (χ1v) is 9.13. The van der Waals surface area contributed by atoms with Gasteiger partial charge in [0.1, 0.15) is 11.7 Å². The minimum Gasteiger partial charge on any atom is -0.378 e. The Kier molecular flexibility index (Phi) is 5.87. The van der Waals surface area contributed by atoms with Crippen molar-refractivity contribution in [3.05, 3.63) is 11.9 Å². The highest BCUT2D eigenvalue weighted by molar-refractivity contribution is 5.74. The molecule has 1 saturated heterocycles. The maximum Gasteiger partial charge on any atom is 0.318 e. The number of rotatable bonds is 4. The predicted octanol–water partition coefficient (Wildman–Crippen LogP) is 2.03. The van der Waals surface area contributed by atoms with Gasteiger partial charge in [0.2, 0.25) is 0 Å². The third kappa shape index (κ3) is 4.28. The lowest BCUT2D eigenvalue weighted by molar-refractivity contribution is 0.0515. The summed E-state index contributed by atoms with van der Waals surface area (Å²) in [6, 6.07) is 1.56. The number of ether oxygens (including phenoxy) is 1. The van der Waals surface area contributed by atoms with Gasteiger partial charge in [0.25, 0.3) is 0 Å². The van der Waals surface area contributed by atoms with Crippen molar-refractivity contribution in [1.29, 1.82) is 5.26 Å². The van der Waals surface area contributed by atoms with Crippen LogP contribution < -0.4 is 5.32 Å². The Morgan fingerprint density at radius 2 is 2.08 bits per heavy atom. The first-order valence-electron chi connectivity index (χ1n) is 9.13. The molecule has 1 saturated carbocycles. The summed E-state index contributed by atoms with van der Waals surface area (Å²) in [4.78, 5) is 14.5. The molecular weight excluding hydrogens is 320 g/mol. The van der Waals surface area contributed by atoms with Gasteiger partial charge in [-0.2, -0.15) is 5.26 Å². The maximum atomic E-state index is 12.7. The van der Waals surface area contributed by atoms with Crippen LogP contribution in [0.5, 0.6) is 0 Å². The molecule has 8 nitrogen and oxygen atoms in total. The standard InChI is InChI=1S/C17H26N6O2/c1-13(11-18)23-12-15(20-21-23)16(14-5-3-2-4-6-14)19-17(24)22-7-9-25-10-8-22/h12-14,16H,2-10H2,1H3,(H,19,24)/t13-,16+/m1/s1. The molecule has 1 aliphatic heterocycles. The zero-order valence-corrected chi connectivity index (χ0v) is 14.7. The van der Waals surface area contributed by atoms with Gasteiger partial charge < -0.3 is 15.0 Å². The summed E-state index contributed by atoms with van der Waals surface area (Å²) in [6.07, 6.45) is 7.56. The number of hydrogen-bond donors (Lipinski definition) is 1. The maximum absolute atomic E-state index is 12.7. The molecule has 0 bridgehead atoms. The van der Waals surface area contributed by atoms with Crippen molar-refractivity contribution in [1.82, 2.24) is 25.2 Å². The third-order valence-corrected chi connectivity index (χ3v) is 5.13. The molecule has 0 aromatic carbocycles. The van der Waals surface area contributed by atoms with E-state index >= 15 is 0 Å². The quantitative estimate of drug-likeness (QED) is 0.900. The average molecular weight is 346 g/mol. The first-order chi connectivity index (χ1) is 12.2. The van der Waals surface area contributed by atoms with Gasteiger partial charge in [0.15, 0.2) is 0 Å². The highest BCUT2D eigenvalue weighted by Gasteiger charge is 2.31. The van der Waals surface area contributed by atoms with Crippen LogP contribution in [0, 0.1) is 17.2 Å². The van der Waals surface area contributed by atoms with Crippen LogP contribution in [0.25, 0.3) is 0 Å². The van der Waals surface area contributed by atoms with Crippen molar-refractivity contribution in [2.75, 3.05) is 26.3 Å². The molecule has 2 aliphatic rings. The summed E-state index contributed by atoms with van der Waals surface area (Å²) in [5.41, 5.74) is 0.746. The van der Waals surface area contributed by atoms with Gasteiger partial charge in [-0.05, 0) is 25.7 Å². The number of carbonyl (C=O) groups excluding carboxylic acids is 1. The van der Waals surface area contributed by atoms with Crippen LogP contribution in [0.15, 0.2) is 6.20 Å². The predicted molar refractivity (Wildman–Crippen MR) is 90.6 cm³/mol. The minimum absolute atomic E-state index is 0.0678. The van der Waals surface area contributed by atoms with Crippen molar-refractivity contribution in [3.8, 4) is 6.07 Å². The van der Waals surface area contributed by atoms with Crippen molar-refractivity contribution in [2.24, 2.45) is 5.92 Å². The molecule has 2 heterocycles. The molecule has 2 atom stereocenters. The van der Waals surface area contributed by atoms with E-state index in [-0.39, 0.29) is 18.1 Å². The Morgan fingerprint density at radius 1 is 1.36 bits per heavy atom. The molecule has 1 aromatic heterocycles. The van der Waals surface area contributed by atoms with E-state index in [9.17, 15) is 4.79 Å². The summed E-state index contributed by atoms with van der Waals surface area (Å²) >= 11 is 0. The Balaban J connectivity index is 1.76. The normalized spacial score (nSPS) is 21.4. The molecule has 0 unspecified atom stereocenters. The van der Waals surface area contributed by atoms with Gasteiger partial charge in [-0.15, -0.1) is 5.10 Å². The number of amides is 2. The number of nitriles is 1. The van der Waals surface area contributed by atoms with Crippen LogP contribution in [0.1, 0.15) is 56.8 Å². The molecule has 3 rings (SSSR count). The van der Waals surface area contributed by atoms with E-state index in [0.29, 0.717) is 32.2 Å². The molecule has 1 aromatic rings. The average Bonchev–Trinajstić information content (AvgIpc) is 3.16. The fourth-order valence-corrected chi connectivity index (χ4v) is 3.57. The molecule has 136 valence electrons. The Hall–Kier alpha value is -2.14. The fourth-order valence-electron chi connectivity index (χ4n) is 3.57. The summed E-state index contributed by atoms with van der Waals surface area (Å²) in [6.45, 7) is 4.16. The van der Waals surface area contributed by atoms with Crippen LogP contribution in [0.4, 0.5) is 4.79 Å². The second kappa shape index (κ2) is 8.30. The molecule has 25 heavy (non-hydrogen) atoms. The summed E-state index contributed by atoms with van der Waals surface area (Å²) in [5.74, 6) is 0.362. The van der Waals surface area contributed by atoms with Crippen molar-refractivity contribution >= 4 is 6.03 Å². The SMILES string of the molecule is C[C@H](C#N)n1cc([C@@H](NC(=O)N2CCOCC2)C2CCCCC2)nn1. The van der Waals surface area contributed by atoms with Gasteiger partial charge in [-0.1, -0.05) is 24.5 Å². The van der Waals surface area contributed by atoms with Crippen LogP contribution in [0.2, 0.25) is 0 Å². The van der Waals surface area contributed by atoms with E-state index in [1.807, 2.05) is 0 Å². The number of nitrogens with zero attached hydrogens (tertiary/aromatic N) is 5. The van der Waals surface area contributed by atoms with Crippen molar-refractivity contribution in [3.63, 3.8) is 0 Å². The molecular formula is C17H26N6O2. The Morgan fingerprint density at radius 3 is 2.76 bits per heavy atom. The number of hydrogen-bond acceptors (Lipinski definition) is 5. The molecule has 1 N–H and O–H groups in total. The monoisotopic (exact) mass is 346 g/mol. The van der Waals surface area contributed by atoms with E-state index in [4.69, 9.17) is 10.00 Å². The number of morpholine rings is 1. The van der Waals surface area contributed by atoms with E-state index in [1.165, 1.54) is 19.3 Å². The summed E-state index contributed by atoms with van der Waals surface area (Å²) in [5, 5.41) is 20.6. The second-order valence-electron chi connectivity index (χ2n) is 6.85. The molecule has 8 heteroatoms. The Bertz CT molecular complexity index is 613. The van der Waals surface area contributed by atoms with Gasteiger partial charge >= 0.3 is 6.03 Å². The topological polar surface area (TPSA) is 96.1 Å². The summed E-state index contributed by atoms with van der Waals surface area (Å²) < 4.78 is 6.88. The number of urea groups is 1. The zero-order chi connectivity index (χ0) is 17.6. The van der Waals surface area contributed by atoms with Crippen molar-refractivity contribution in [2.45, 2.75) is 51.1 Å². The zero-order valence-electron chi connectivity index (χ0n) is 14.7. The van der Waals surface area contributed by atoms with Crippen LogP contribution in [0.3, 0.4) is 0 Å². The van der Waals surface area contributed by atoms with Crippen LogP contribution >= 0.6 is 0 Å². The van der Waals surface area contributed by atoms with Crippen LogP contribution in [-0.2, 0) is 4.74 Å². The first kappa shape index (κ1) is 17.7. The smallest absolute Gasteiger partial charge is 0.318 e. The number of nitrogens with one attached hydrogen (secondary N) is 1. The number of aromatic nitrogens is 3. The highest BCUT2D eigenvalue weighted by atomic mass is 16.5. The number of carbonyl (C=O) groups is 1. The Labute approximate surface area is 148 Å². The molecule has 0 radical (unpaired) electrons. The summed E-state index contributed by atoms with van der Waals surface area (Å²) in [7, 11) is 0. The fraction of sp³-hybridized carbons (Fsp3) is 0.765. The van der Waals surface area contributed by atoms with E-state index in [0.717, 1.165) is 18.5 Å². The van der Waals surface area contributed by atoms with Gasteiger partial charge in [0, 0.05) is 13.1 Å². The van der Waals surface area contributed by atoms with Crippen LogP contribution in [-0.4, -0.2) is 52.2 Å². The highest BCUT2D eigenvalue weighted by Crippen LogP contribution is 2.34. The molecule has 0 spiro atoms. The minimum atomic E-state index is -0.372. The van der Waals surface area contributed by atoms with Gasteiger partial charge in [0.05, 0.1) is 31.5 Å². The molecule has 1 aliphatic carbocycles. The largest absolute Gasteiger partial charge is 0.378 e. The van der Waals surface area contributed by atoms with E-state index in [1.54, 1.807) is 22.7 Å². The molecule has 2 amide bonds. The van der Waals surface area contributed by atoms with E-state index < -0.39 is 0 Å². The van der Waals surface area contributed by atoms with Crippen molar-refractivity contribution < 1.29 is 9.53 Å². The molecule has 2 fully saturated rings.